The SMILES string of the molecule is CC(C)c1nc(N(C)C)nc(-c2ccc(F)cc2)c1/C=C/C(=O)C[C@@H](O)CC(=O)[O-]. The summed E-state index contributed by atoms with van der Waals surface area (Å²) in [6.07, 6.45) is 0.551. The second kappa shape index (κ2) is 10.1. The zero-order chi connectivity index (χ0) is 22.4. The van der Waals surface area contributed by atoms with E-state index in [0.29, 0.717) is 28.5 Å². The lowest BCUT2D eigenvalue weighted by Gasteiger charge is -2.19. The van der Waals surface area contributed by atoms with Crippen molar-refractivity contribution in [3.05, 3.63) is 47.4 Å². The van der Waals surface area contributed by atoms with Crippen LogP contribution in [0.1, 0.15) is 43.9 Å². The van der Waals surface area contributed by atoms with Crippen LogP contribution in [0.3, 0.4) is 0 Å². The molecule has 0 fully saturated rings. The molecule has 0 aliphatic heterocycles. The Morgan fingerprint density at radius 2 is 1.80 bits per heavy atom. The molecule has 0 bridgehead atoms. The van der Waals surface area contributed by atoms with Crippen molar-refractivity contribution in [3.63, 3.8) is 0 Å². The van der Waals surface area contributed by atoms with Crippen molar-refractivity contribution in [1.29, 1.82) is 0 Å². The summed E-state index contributed by atoms with van der Waals surface area (Å²) in [5.74, 6) is -1.76. The number of aromatic nitrogens is 2. The molecule has 160 valence electrons. The van der Waals surface area contributed by atoms with Crippen LogP contribution < -0.4 is 10.0 Å². The summed E-state index contributed by atoms with van der Waals surface area (Å²) < 4.78 is 13.4. The first-order valence-electron chi connectivity index (χ1n) is 9.52. The highest BCUT2D eigenvalue weighted by Crippen LogP contribution is 2.31. The van der Waals surface area contributed by atoms with Crippen molar-refractivity contribution in [2.24, 2.45) is 0 Å². The van der Waals surface area contributed by atoms with Gasteiger partial charge in [-0.1, -0.05) is 13.8 Å². The highest BCUT2D eigenvalue weighted by molar-refractivity contribution is 5.95. The summed E-state index contributed by atoms with van der Waals surface area (Å²) in [6.45, 7) is 3.91. The largest absolute Gasteiger partial charge is 0.550 e. The first-order chi connectivity index (χ1) is 14.1. The fraction of sp³-hybridized carbons (Fsp3) is 0.364. The Morgan fingerprint density at radius 1 is 1.17 bits per heavy atom. The molecule has 0 amide bonds. The van der Waals surface area contributed by atoms with Gasteiger partial charge in [0.05, 0.1) is 17.5 Å². The topological polar surface area (TPSA) is 106 Å². The number of aliphatic hydroxyl groups is 1. The van der Waals surface area contributed by atoms with Crippen molar-refractivity contribution < 1.29 is 24.2 Å². The first kappa shape index (κ1) is 23.2. The van der Waals surface area contributed by atoms with Crippen LogP contribution in [-0.4, -0.2) is 47.0 Å². The molecule has 0 unspecified atom stereocenters. The van der Waals surface area contributed by atoms with Crippen molar-refractivity contribution in [3.8, 4) is 11.3 Å². The Morgan fingerprint density at radius 3 is 2.33 bits per heavy atom. The van der Waals surface area contributed by atoms with Gasteiger partial charge in [-0.15, -0.1) is 0 Å². The summed E-state index contributed by atoms with van der Waals surface area (Å²) >= 11 is 0. The second-order valence-corrected chi connectivity index (χ2v) is 7.46. The Labute approximate surface area is 174 Å². The van der Waals surface area contributed by atoms with E-state index in [9.17, 15) is 24.2 Å². The van der Waals surface area contributed by atoms with E-state index < -0.39 is 24.3 Å². The number of allylic oxidation sites excluding steroid dienone is 1. The predicted octanol–water partition coefficient (Wildman–Crippen LogP) is 1.95. The standard InChI is InChI=1S/C22H26FN3O4/c1-13(2)20-18(10-9-16(27)11-17(28)12-19(29)30)21(25-22(24-20)26(3)4)14-5-7-15(23)8-6-14/h5-10,13,17,28H,11-12H2,1-4H3,(H,29,30)/p-1/b10-9+/t17-/m1/s1. The first-order valence-corrected chi connectivity index (χ1v) is 9.52. The number of carboxylic acids is 1. The molecule has 1 aromatic carbocycles. The number of aliphatic carboxylic acids is 1. The molecule has 0 saturated heterocycles. The van der Waals surface area contributed by atoms with E-state index in [4.69, 9.17) is 0 Å². The van der Waals surface area contributed by atoms with Crippen LogP contribution in [0, 0.1) is 5.82 Å². The minimum absolute atomic E-state index is 0.00401. The average molecular weight is 414 g/mol. The third-order valence-corrected chi connectivity index (χ3v) is 4.30. The maximum Gasteiger partial charge on any atom is 0.225 e. The lowest BCUT2D eigenvalue weighted by Crippen LogP contribution is -2.28. The van der Waals surface area contributed by atoms with E-state index in [0.717, 1.165) is 0 Å². The molecule has 7 nitrogen and oxygen atoms in total. The molecule has 8 heteroatoms. The number of nitrogens with zero attached hydrogens (tertiary/aromatic N) is 3. The number of aliphatic hydroxyl groups excluding tert-OH is 1. The molecule has 2 rings (SSSR count). The van der Waals surface area contributed by atoms with Gasteiger partial charge in [0.25, 0.3) is 0 Å². The van der Waals surface area contributed by atoms with Crippen molar-refractivity contribution in [2.75, 3.05) is 19.0 Å². The van der Waals surface area contributed by atoms with Crippen LogP contribution >= 0.6 is 0 Å². The van der Waals surface area contributed by atoms with Crippen LogP contribution in [-0.2, 0) is 9.59 Å². The summed E-state index contributed by atoms with van der Waals surface area (Å²) in [5, 5.41) is 20.2. The molecule has 1 atom stereocenters. The van der Waals surface area contributed by atoms with Crippen LogP contribution in [0.4, 0.5) is 10.3 Å². The van der Waals surface area contributed by atoms with Crippen LogP contribution in [0.25, 0.3) is 17.3 Å². The number of carbonyl (C=O) groups is 2. The lowest BCUT2D eigenvalue weighted by molar-refractivity contribution is -0.307. The molecule has 0 radical (unpaired) electrons. The van der Waals surface area contributed by atoms with E-state index in [-0.39, 0.29) is 18.2 Å². The van der Waals surface area contributed by atoms with E-state index in [2.05, 4.69) is 9.97 Å². The quantitative estimate of drug-likeness (QED) is 0.625. The molecular weight excluding hydrogens is 389 g/mol. The second-order valence-electron chi connectivity index (χ2n) is 7.46. The smallest absolute Gasteiger partial charge is 0.225 e. The molecule has 30 heavy (non-hydrogen) atoms. The van der Waals surface area contributed by atoms with Gasteiger partial charge >= 0.3 is 0 Å². The van der Waals surface area contributed by atoms with E-state index >= 15 is 0 Å². The van der Waals surface area contributed by atoms with Gasteiger partial charge in [0.1, 0.15) is 5.82 Å². The maximum atomic E-state index is 13.4. The van der Waals surface area contributed by atoms with Gasteiger partial charge in [0, 0.05) is 44.0 Å². The maximum absolute atomic E-state index is 13.4. The minimum Gasteiger partial charge on any atom is -0.550 e. The highest BCUT2D eigenvalue weighted by atomic mass is 19.1. The number of hydrogen-bond donors (Lipinski definition) is 1. The van der Waals surface area contributed by atoms with Crippen LogP contribution in [0.15, 0.2) is 30.3 Å². The molecule has 2 aromatic rings. The highest BCUT2D eigenvalue weighted by Gasteiger charge is 2.18. The number of ketones is 1. The van der Waals surface area contributed by atoms with E-state index in [1.54, 1.807) is 23.1 Å². The number of hydrogen-bond acceptors (Lipinski definition) is 7. The minimum atomic E-state index is -1.42. The number of rotatable bonds is 9. The van der Waals surface area contributed by atoms with Gasteiger partial charge in [-0.2, -0.15) is 0 Å². The Kier molecular flexibility index (Phi) is 7.77. The van der Waals surface area contributed by atoms with E-state index in [1.165, 1.54) is 18.2 Å². The molecular formula is C22H25FN3O4-. The fourth-order valence-electron chi connectivity index (χ4n) is 2.85. The molecule has 1 N–H and O–H groups in total. The molecule has 0 aliphatic carbocycles. The number of benzene rings is 1. The molecule has 0 spiro atoms. The normalized spacial score (nSPS) is 12.4. The van der Waals surface area contributed by atoms with Gasteiger partial charge < -0.3 is 19.9 Å². The fourth-order valence-corrected chi connectivity index (χ4v) is 2.85. The monoisotopic (exact) mass is 414 g/mol. The van der Waals surface area contributed by atoms with Crippen LogP contribution in [0.2, 0.25) is 0 Å². The summed E-state index contributed by atoms with van der Waals surface area (Å²) in [5.41, 5.74) is 2.50. The molecule has 0 aliphatic rings. The van der Waals surface area contributed by atoms with Crippen molar-refractivity contribution >= 4 is 23.8 Å². The van der Waals surface area contributed by atoms with Gasteiger partial charge in [-0.05, 0) is 42.3 Å². The van der Waals surface area contributed by atoms with Gasteiger partial charge in [-0.3, -0.25) is 4.79 Å². The van der Waals surface area contributed by atoms with E-state index in [1.807, 2.05) is 27.9 Å². The number of carboxylic acid groups (broad SMARTS) is 1. The number of anilines is 1. The van der Waals surface area contributed by atoms with Gasteiger partial charge in [-0.25, -0.2) is 14.4 Å². The third-order valence-electron chi connectivity index (χ3n) is 4.30. The zero-order valence-corrected chi connectivity index (χ0v) is 17.4. The third kappa shape index (κ3) is 6.18. The Balaban J connectivity index is 2.51. The number of carbonyl (C=O) groups excluding carboxylic acids is 2. The Bertz CT molecular complexity index is 940. The molecule has 1 heterocycles. The lowest BCUT2D eigenvalue weighted by atomic mass is 9.97. The van der Waals surface area contributed by atoms with Crippen LogP contribution in [0.5, 0.6) is 0 Å². The van der Waals surface area contributed by atoms with Crippen molar-refractivity contribution in [1.82, 2.24) is 9.97 Å². The van der Waals surface area contributed by atoms with Gasteiger partial charge in [0.2, 0.25) is 5.95 Å². The number of halogens is 1. The van der Waals surface area contributed by atoms with Crippen molar-refractivity contribution in [2.45, 2.75) is 38.7 Å². The predicted molar refractivity (Wildman–Crippen MR) is 110 cm³/mol. The summed E-state index contributed by atoms with van der Waals surface area (Å²) in [4.78, 5) is 33.7. The summed E-state index contributed by atoms with van der Waals surface area (Å²) in [7, 11) is 3.62. The van der Waals surface area contributed by atoms with Gasteiger partial charge in [0.15, 0.2) is 5.78 Å². The molecule has 1 aromatic heterocycles. The molecule has 0 saturated carbocycles. The zero-order valence-electron chi connectivity index (χ0n) is 17.4. The average Bonchev–Trinajstić information content (AvgIpc) is 2.65. The summed E-state index contributed by atoms with van der Waals surface area (Å²) in [6, 6.07) is 5.86. The Hall–Kier alpha value is -3.13.